The monoisotopic (exact) mass is 286 g/mol. The molecule has 0 aromatic heterocycles. The van der Waals surface area contributed by atoms with E-state index in [4.69, 9.17) is 14.6 Å². The van der Waals surface area contributed by atoms with Gasteiger partial charge in [0.1, 0.15) is 11.0 Å². The fraction of sp³-hybridized carbons (Fsp3) is 0.500. The van der Waals surface area contributed by atoms with Crippen LogP contribution in [0.5, 0.6) is 0 Å². The predicted octanol–water partition coefficient (Wildman–Crippen LogP) is 0.897. The molecule has 106 valence electrons. The molecule has 1 fully saturated rings. The second-order valence-electron chi connectivity index (χ2n) is 4.87. The molecule has 0 saturated carbocycles. The molecule has 6 nitrogen and oxygen atoms in total. The molecule has 3 N–H and O–H groups in total. The van der Waals surface area contributed by atoms with Crippen molar-refractivity contribution < 1.29 is 17.9 Å². The van der Waals surface area contributed by atoms with Crippen LogP contribution in [0.1, 0.15) is 13.8 Å². The van der Waals surface area contributed by atoms with Crippen LogP contribution in [0.25, 0.3) is 0 Å². The lowest BCUT2D eigenvalue weighted by Crippen LogP contribution is -2.26. The lowest BCUT2D eigenvalue weighted by atomic mass is 10.3. The van der Waals surface area contributed by atoms with Gasteiger partial charge in [-0.25, -0.2) is 13.6 Å². The summed E-state index contributed by atoms with van der Waals surface area (Å²) in [4.78, 5) is 0.0770. The fourth-order valence-electron chi connectivity index (χ4n) is 1.95. The highest BCUT2D eigenvalue weighted by Crippen LogP contribution is 2.24. The third-order valence-electron chi connectivity index (χ3n) is 2.78. The highest BCUT2D eigenvalue weighted by molar-refractivity contribution is 7.89. The summed E-state index contributed by atoms with van der Waals surface area (Å²) in [5.74, 6) is -0.591. The van der Waals surface area contributed by atoms with Crippen molar-refractivity contribution in [2.24, 2.45) is 5.14 Å². The number of primary sulfonamides is 1. The van der Waals surface area contributed by atoms with Crippen LogP contribution in [-0.4, -0.2) is 33.5 Å². The van der Waals surface area contributed by atoms with Crippen LogP contribution in [0.4, 0.5) is 5.69 Å². The number of sulfonamides is 1. The molecule has 1 aliphatic rings. The molecule has 0 spiro atoms. The average Bonchev–Trinajstić information content (AvgIpc) is 2.66. The fourth-order valence-corrected chi connectivity index (χ4v) is 2.66. The van der Waals surface area contributed by atoms with Crippen molar-refractivity contribution in [2.75, 3.05) is 18.5 Å². The topological polar surface area (TPSA) is 90.6 Å². The van der Waals surface area contributed by atoms with Crippen molar-refractivity contribution in [3.05, 3.63) is 24.3 Å². The standard InChI is InChI=1S/C12H18N2O4S/c1-12(2)17-8-9(18-12)7-14-10-5-3-4-6-11(10)19(13,15)16/h3-6,9,14H,7-8H2,1-2H3,(H2,13,15,16). The minimum atomic E-state index is -3.74. The maximum Gasteiger partial charge on any atom is 0.240 e. The molecule has 1 heterocycles. The van der Waals surface area contributed by atoms with Gasteiger partial charge in [-0.15, -0.1) is 0 Å². The zero-order chi connectivity index (χ0) is 14.1. The van der Waals surface area contributed by atoms with E-state index in [0.29, 0.717) is 18.8 Å². The van der Waals surface area contributed by atoms with Crippen molar-refractivity contribution in [3.8, 4) is 0 Å². The number of hydrogen-bond donors (Lipinski definition) is 2. The lowest BCUT2D eigenvalue weighted by molar-refractivity contribution is -0.136. The number of para-hydroxylation sites is 1. The Morgan fingerprint density at radius 3 is 2.68 bits per heavy atom. The number of nitrogens with two attached hydrogens (primary N) is 1. The summed E-state index contributed by atoms with van der Waals surface area (Å²) < 4.78 is 33.9. The molecule has 1 aromatic carbocycles. The molecule has 7 heteroatoms. The number of rotatable bonds is 4. The van der Waals surface area contributed by atoms with Crippen molar-refractivity contribution in [1.82, 2.24) is 0 Å². The molecule has 2 rings (SSSR count). The third-order valence-corrected chi connectivity index (χ3v) is 3.75. The summed E-state index contributed by atoms with van der Waals surface area (Å²) in [6.45, 7) is 4.60. The van der Waals surface area contributed by atoms with E-state index in [1.54, 1.807) is 18.2 Å². The Morgan fingerprint density at radius 2 is 2.11 bits per heavy atom. The lowest BCUT2D eigenvalue weighted by Gasteiger charge is -2.18. The van der Waals surface area contributed by atoms with Gasteiger partial charge in [-0.05, 0) is 26.0 Å². The van der Waals surface area contributed by atoms with Crippen molar-refractivity contribution in [2.45, 2.75) is 30.6 Å². The third kappa shape index (κ3) is 3.66. The maximum absolute atomic E-state index is 11.4. The van der Waals surface area contributed by atoms with Crippen LogP contribution >= 0.6 is 0 Å². The summed E-state index contributed by atoms with van der Waals surface area (Å²) in [7, 11) is -3.74. The number of hydrogen-bond acceptors (Lipinski definition) is 5. The summed E-state index contributed by atoms with van der Waals surface area (Å²) in [5, 5.41) is 8.20. The second kappa shape index (κ2) is 5.09. The van der Waals surface area contributed by atoms with Crippen molar-refractivity contribution in [3.63, 3.8) is 0 Å². The molecule has 0 radical (unpaired) electrons. The highest BCUT2D eigenvalue weighted by atomic mass is 32.2. The van der Waals surface area contributed by atoms with E-state index in [9.17, 15) is 8.42 Å². The van der Waals surface area contributed by atoms with E-state index in [2.05, 4.69) is 5.32 Å². The molecular weight excluding hydrogens is 268 g/mol. The van der Waals surface area contributed by atoms with Crippen LogP contribution in [0.15, 0.2) is 29.2 Å². The largest absolute Gasteiger partial charge is 0.381 e. The zero-order valence-electron chi connectivity index (χ0n) is 10.9. The first-order chi connectivity index (χ1) is 8.78. The Labute approximate surface area is 112 Å². The first kappa shape index (κ1) is 14.3. The summed E-state index contributed by atoms with van der Waals surface area (Å²) in [5.41, 5.74) is 0.471. The van der Waals surface area contributed by atoms with E-state index < -0.39 is 15.8 Å². The predicted molar refractivity (Wildman–Crippen MR) is 71.2 cm³/mol. The van der Waals surface area contributed by atoms with Crippen LogP contribution in [-0.2, 0) is 19.5 Å². The quantitative estimate of drug-likeness (QED) is 0.858. The SMILES string of the molecule is CC1(C)OCC(CNc2ccccc2S(N)(=O)=O)O1. The zero-order valence-corrected chi connectivity index (χ0v) is 11.7. The summed E-state index contributed by atoms with van der Waals surface area (Å²) in [6.07, 6.45) is -0.122. The average molecular weight is 286 g/mol. The van der Waals surface area contributed by atoms with Gasteiger partial charge in [0.25, 0.3) is 0 Å². The van der Waals surface area contributed by atoms with Gasteiger partial charge in [-0.2, -0.15) is 0 Å². The Kier molecular flexibility index (Phi) is 3.82. The van der Waals surface area contributed by atoms with Gasteiger partial charge in [-0.3, -0.25) is 0 Å². The Hall–Kier alpha value is -1.15. The van der Waals surface area contributed by atoms with E-state index in [-0.39, 0.29) is 11.0 Å². The molecule has 1 saturated heterocycles. The highest BCUT2D eigenvalue weighted by Gasteiger charge is 2.32. The molecule has 1 aromatic rings. The van der Waals surface area contributed by atoms with Crippen LogP contribution in [0.2, 0.25) is 0 Å². The number of anilines is 1. The van der Waals surface area contributed by atoms with E-state index in [0.717, 1.165) is 0 Å². The van der Waals surface area contributed by atoms with Gasteiger partial charge in [-0.1, -0.05) is 12.1 Å². The second-order valence-corrected chi connectivity index (χ2v) is 6.40. The number of nitrogens with one attached hydrogen (secondary N) is 1. The van der Waals surface area contributed by atoms with Gasteiger partial charge >= 0.3 is 0 Å². The van der Waals surface area contributed by atoms with Gasteiger partial charge in [0.2, 0.25) is 10.0 Å². The molecule has 19 heavy (non-hydrogen) atoms. The minimum absolute atomic E-state index is 0.0770. The molecule has 0 aliphatic carbocycles. The normalized spacial score (nSPS) is 22.4. The van der Waals surface area contributed by atoms with Gasteiger partial charge in [0, 0.05) is 6.54 Å². The Morgan fingerprint density at radius 1 is 1.42 bits per heavy atom. The van der Waals surface area contributed by atoms with E-state index in [1.807, 2.05) is 13.8 Å². The summed E-state index contributed by atoms with van der Waals surface area (Å²) in [6, 6.07) is 6.50. The number of ether oxygens (including phenoxy) is 2. The first-order valence-corrected chi connectivity index (χ1v) is 7.50. The van der Waals surface area contributed by atoms with Gasteiger partial charge < -0.3 is 14.8 Å². The van der Waals surface area contributed by atoms with E-state index in [1.165, 1.54) is 6.07 Å². The van der Waals surface area contributed by atoms with Crippen LogP contribution in [0, 0.1) is 0 Å². The Bertz CT molecular complexity index is 557. The molecule has 1 aliphatic heterocycles. The van der Waals surface area contributed by atoms with Crippen molar-refractivity contribution >= 4 is 15.7 Å². The molecule has 1 atom stereocenters. The van der Waals surface area contributed by atoms with Gasteiger partial charge in [0.05, 0.1) is 12.3 Å². The minimum Gasteiger partial charge on any atom is -0.381 e. The maximum atomic E-state index is 11.4. The van der Waals surface area contributed by atoms with E-state index >= 15 is 0 Å². The van der Waals surface area contributed by atoms with Crippen LogP contribution in [0.3, 0.4) is 0 Å². The molecule has 1 unspecified atom stereocenters. The first-order valence-electron chi connectivity index (χ1n) is 5.95. The van der Waals surface area contributed by atoms with Gasteiger partial charge in [0.15, 0.2) is 5.79 Å². The summed E-state index contributed by atoms with van der Waals surface area (Å²) >= 11 is 0. The van der Waals surface area contributed by atoms with Crippen molar-refractivity contribution in [1.29, 1.82) is 0 Å². The smallest absolute Gasteiger partial charge is 0.240 e. The molecular formula is C12H18N2O4S. The molecule has 0 bridgehead atoms. The molecule has 0 amide bonds. The van der Waals surface area contributed by atoms with Crippen LogP contribution < -0.4 is 10.5 Å². The number of benzene rings is 1. The Balaban J connectivity index is 2.05.